The Kier molecular flexibility index (Phi) is 3.20. The maximum Gasteiger partial charge on any atom is 0.152 e. The summed E-state index contributed by atoms with van der Waals surface area (Å²) in [4.78, 5) is 14.7. The third kappa shape index (κ3) is 3.12. The van der Waals surface area contributed by atoms with Gasteiger partial charge in [-0.15, -0.1) is 12.6 Å². The van der Waals surface area contributed by atoms with Crippen LogP contribution in [0.25, 0.3) is 0 Å². The summed E-state index contributed by atoms with van der Waals surface area (Å²) >= 11 is 5.70. The minimum absolute atomic E-state index is 0.0674. The molecule has 11 heavy (non-hydrogen) atoms. The first-order chi connectivity index (χ1) is 5.18. The topological polar surface area (TPSA) is 29.4 Å². The Hall–Kier alpha value is -0.220. The van der Waals surface area contributed by atoms with Crippen LogP contribution in [-0.4, -0.2) is 22.0 Å². The van der Waals surface area contributed by atoms with Crippen LogP contribution >= 0.6 is 24.4 Å². The van der Waals surface area contributed by atoms with Crippen LogP contribution in [0.5, 0.6) is 0 Å². The molecule has 1 rings (SSSR count). The highest BCUT2D eigenvalue weighted by Crippen LogP contribution is 2.20. The Morgan fingerprint density at radius 3 is 3.09 bits per heavy atom. The Morgan fingerprint density at radius 2 is 2.64 bits per heavy atom. The molecule has 4 heteroatoms. The molecule has 1 heterocycles. The predicted octanol–water partition coefficient (Wildman–Crippen LogP) is 1.53. The highest BCUT2D eigenvalue weighted by molar-refractivity contribution is 8.32. The SMILES string of the molecule is CC(=O)/C=C/C1CSC(S)=N1. The predicted molar refractivity (Wildman–Crippen MR) is 52.5 cm³/mol. The lowest BCUT2D eigenvalue weighted by atomic mass is 10.3. The average Bonchev–Trinajstić information content (AvgIpc) is 2.31. The van der Waals surface area contributed by atoms with Crippen molar-refractivity contribution in [2.45, 2.75) is 13.0 Å². The smallest absolute Gasteiger partial charge is 0.152 e. The number of hydrogen-bond donors (Lipinski definition) is 1. The second-order valence-corrected chi connectivity index (χ2v) is 3.99. The van der Waals surface area contributed by atoms with Gasteiger partial charge in [0.2, 0.25) is 0 Å². The van der Waals surface area contributed by atoms with Crippen LogP contribution in [0.15, 0.2) is 17.1 Å². The molecule has 0 aromatic rings. The normalized spacial score (nSPS) is 24.2. The molecule has 0 amide bonds. The molecular formula is C7H9NOS2. The number of hydrogen-bond acceptors (Lipinski definition) is 3. The van der Waals surface area contributed by atoms with Crippen LogP contribution in [0.2, 0.25) is 0 Å². The van der Waals surface area contributed by atoms with Gasteiger partial charge in [0.05, 0.1) is 6.04 Å². The van der Waals surface area contributed by atoms with Crippen LogP contribution in [0.1, 0.15) is 6.92 Å². The molecule has 1 aliphatic rings. The lowest BCUT2D eigenvalue weighted by Crippen LogP contribution is -1.98. The lowest BCUT2D eigenvalue weighted by Gasteiger charge is -1.93. The summed E-state index contributed by atoms with van der Waals surface area (Å²) in [6.07, 6.45) is 3.37. The largest absolute Gasteiger partial charge is 0.295 e. The lowest BCUT2D eigenvalue weighted by molar-refractivity contribution is -0.112. The fourth-order valence-electron chi connectivity index (χ4n) is 0.721. The molecule has 0 saturated heterocycles. The van der Waals surface area contributed by atoms with E-state index >= 15 is 0 Å². The molecule has 0 bridgehead atoms. The highest BCUT2D eigenvalue weighted by atomic mass is 32.2. The molecule has 0 spiro atoms. The molecular weight excluding hydrogens is 178 g/mol. The molecule has 0 aromatic carbocycles. The Morgan fingerprint density at radius 1 is 1.91 bits per heavy atom. The maximum atomic E-state index is 10.5. The third-order valence-corrected chi connectivity index (χ3v) is 2.59. The van der Waals surface area contributed by atoms with E-state index in [0.717, 1.165) is 10.1 Å². The van der Waals surface area contributed by atoms with E-state index in [4.69, 9.17) is 0 Å². The Balaban J connectivity index is 2.46. The van der Waals surface area contributed by atoms with Crippen molar-refractivity contribution in [3.05, 3.63) is 12.2 Å². The van der Waals surface area contributed by atoms with E-state index in [9.17, 15) is 4.79 Å². The fraction of sp³-hybridized carbons (Fsp3) is 0.429. The molecule has 1 atom stereocenters. The summed E-state index contributed by atoms with van der Waals surface area (Å²) < 4.78 is 0.809. The van der Waals surface area contributed by atoms with Crippen molar-refractivity contribution < 1.29 is 4.79 Å². The Labute approximate surface area is 75.6 Å². The van der Waals surface area contributed by atoms with Crippen LogP contribution < -0.4 is 0 Å². The second kappa shape index (κ2) is 3.97. The zero-order chi connectivity index (χ0) is 8.27. The van der Waals surface area contributed by atoms with Gasteiger partial charge in [0.25, 0.3) is 0 Å². The van der Waals surface area contributed by atoms with Crippen LogP contribution in [0, 0.1) is 0 Å². The van der Waals surface area contributed by atoms with Crippen molar-refractivity contribution in [1.82, 2.24) is 0 Å². The van der Waals surface area contributed by atoms with Gasteiger partial charge in [0, 0.05) is 5.75 Å². The summed E-state index contributed by atoms with van der Waals surface area (Å²) in [5.41, 5.74) is 0. The zero-order valence-electron chi connectivity index (χ0n) is 6.15. The second-order valence-electron chi connectivity index (χ2n) is 2.26. The van der Waals surface area contributed by atoms with Crippen LogP contribution in [-0.2, 0) is 4.79 Å². The van der Waals surface area contributed by atoms with Gasteiger partial charge in [-0.3, -0.25) is 9.79 Å². The van der Waals surface area contributed by atoms with Crippen molar-refractivity contribution >= 4 is 34.5 Å². The van der Waals surface area contributed by atoms with Crippen molar-refractivity contribution in [2.24, 2.45) is 4.99 Å². The summed E-state index contributed by atoms with van der Waals surface area (Å²) in [5, 5.41) is 0. The minimum Gasteiger partial charge on any atom is -0.295 e. The monoisotopic (exact) mass is 187 g/mol. The van der Waals surface area contributed by atoms with E-state index < -0.39 is 0 Å². The van der Waals surface area contributed by atoms with Crippen LogP contribution in [0.3, 0.4) is 0 Å². The number of carbonyl (C=O) groups is 1. The third-order valence-electron chi connectivity index (χ3n) is 1.21. The quantitative estimate of drug-likeness (QED) is 0.525. The van der Waals surface area contributed by atoms with E-state index in [2.05, 4.69) is 17.6 Å². The molecule has 60 valence electrons. The number of aliphatic imine (C=N–C) groups is 1. The summed E-state index contributed by atoms with van der Waals surface area (Å²) in [7, 11) is 0. The number of rotatable bonds is 2. The van der Waals surface area contributed by atoms with Gasteiger partial charge in [0.1, 0.15) is 4.38 Å². The van der Waals surface area contributed by atoms with Crippen molar-refractivity contribution in [1.29, 1.82) is 0 Å². The number of thiol groups is 1. The first-order valence-corrected chi connectivity index (χ1v) is 4.70. The Bertz CT molecular complexity index is 222. The highest BCUT2D eigenvalue weighted by Gasteiger charge is 2.12. The van der Waals surface area contributed by atoms with Gasteiger partial charge >= 0.3 is 0 Å². The number of carbonyl (C=O) groups excluding carboxylic acids is 1. The molecule has 0 saturated carbocycles. The van der Waals surface area contributed by atoms with Gasteiger partial charge < -0.3 is 0 Å². The van der Waals surface area contributed by atoms with Gasteiger partial charge in [0.15, 0.2) is 5.78 Å². The summed E-state index contributed by atoms with van der Waals surface area (Å²) in [5.74, 6) is 0.973. The van der Waals surface area contributed by atoms with E-state index in [1.54, 1.807) is 17.8 Å². The molecule has 2 nitrogen and oxygen atoms in total. The van der Waals surface area contributed by atoms with Gasteiger partial charge in [-0.25, -0.2) is 0 Å². The van der Waals surface area contributed by atoms with Crippen molar-refractivity contribution in [3.8, 4) is 0 Å². The number of nitrogens with zero attached hydrogens (tertiary/aromatic N) is 1. The summed E-state index contributed by atoms with van der Waals surface area (Å²) in [6, 6.07) is 0.149. The number of ketones is 1. The van der Waals surface area contributed by atoms with E-state index in [1.807, 2.05) is 6.08 Å². The van der Waals surface area contributed by atoms with Crippen LogP contribution in [0.4, 0.5) is 0 Å². The minimum atomic E-state index is 0.0674. The van der Waals surface area contributed by atoms with Gasteiger partial charge in [-0.2, -0.15) is 0 Å². The van der Waals surface area contributed by atoms with E-state index in [1.165, 1.54) is 6.92 Å². The molecule has 0 aliphatic carbocycles. The average molecular weight is 187 g/mol. The van der Waals surface area contributed by atoms with Gasteiger partial charge in [-0.1, -0.05) is 17.8 Å². The van der Waals surface area contributed by atoms with Crippen molar-refractivity contribution in [2.75, 3.05) is 5.75 Å². The zero-order valence-corrected chi connectivity index (χ0v) is 7.86. The standard InChI is InChI=1S/C7H9NOS2/c1-5(9)2-3-6-4-11-7(10)8-6/h2-3,6H,4H2,1H3,(H,8,10)/b3-2+. The fourth-order valence-corrected chi connectivity index (χ4v) is 1.81. The van der Waals surface area contributed by atoms with E-state index in [-0.39, 0.29) is 11.8 Å². The first kappa shape index (κ1) is 8.87. The number of thioether (sulfide) groups is 1. The molecule has 1 unspecified atom stereocenters. The van der Waals surface area contributed by atoms with Gasteiger partial charge in [-0.05, 0) is 13.0 Å². The number of allylic oxidation sites excluding steroid dienone is 1. The molecule has 1 aliphatic heterocycles. The maximum absolute atomic E-state index is 10.5. The summed E-state index contributed by atoms with van der Waals surface area (Å²) in [6.45, 7) is 1.53. The van der Waals surface area contributed by atoms with Crippen molar-refractivity contribution in [3.63, 3.8) is 0 Å². The molecule has 0 fully saturated rings. The van der Waals surface area contributed by atoms with E-state index in [0.29, 0.717) is 0 Å². The first-order valence-electron chi connectivity index (χ1n) is 3.27. The molecule has 0 aromatic heterocycles. The molecule has 0 N–H and O–H groups in total. The molecule has 0 radical (unpaired) electrons.